The van der Waals surface area contributed by atoms with E-state index in [9.17, 15) is 13.2 Å². The summed E-state index contributed by atoms with van der Waals surface area (Å²) in [7, 11) is 0. The molecule has 3 N–H and O–H groups in total. The molecule has 0 aliphatic carbocycles. The molecular weight excluding hydrogens is 247 g/mol. The normalized spacial score (nSPS) is 13.6. The summed E-state index contributed by atoms with van der Waals surface area (Å²) >= 11 is 0. The Morgan fingerprint density at radius 1 is 1.22 bits per heavy atom. The molecule has 1 unspecified atom stereocenters. The molecule has 1 aromatic rings. The maximum Gasteiger partial charge on any atom is 0.416 e. The number of hydrogen-bond acceptors (Lipinski definition) is 3. The monoisotopic (exact) mass is 263 g/mol. The standard InChI is InChI=1S/C12H16F3NO2/c13-12(14,15)10-4-2-9(3-5-10)11(8-16)18-7-1-6-17/h2-5,11,17H,1,6-8,16H2. The van der Waals surface area contributed by atoms with Crippen LogP contribution in [0.4, 0.5) is 13.2 Å². The summed E-state index contributed by atoms with van der Waals surface area (Å²) in [5.74, 6) is 0. The van der Waals surface area contributed by atoms with Gasteiger partial charge in [-0.3, -0.25) is 0 Å². The van der Waals surface area contributed by atoms with E-state index in [-0.39, 0.29) is 13.2 Å². The average molecular weight is 263 g/mol. The minimum atomic E-state index is -4.34. The lowest BCUT2D eigenvalue weighted by Gasteiger charge is -2.17. The van der Waals surface area contributed by atoms with Crippen molar-refractivity contribution < 1.29 is 23.0 Å². The predicted molar refractivity (Wildman–Crippen MR) is 60.9 cm³/mol. The van der Waals surface area contributed by atoms with Crippen LogP contribution in [0.25, 0.3) is 0 Å². The number of aliphatic hydroxyl groups excluding tert-OH is 1. The van der Waals surface area contributed by atoms with Crippen LogP contribution in [0.5, 0.6) is 0 Å². The van der Waals surface area contributed by atoms with Crippen molar-refractivity contribution in [3.8, 4) is 0 Å². The van der Waals surface area contributed by atoms with E-state index in [1.54, 1.807) is 0 Å². The van der Waals surface area contributed by atoms with Crippen molar-refractivity contribution in [1.29, 1.82) is 0 Å². The van der Waals surface area contributed by atoms with Gasteiger partial charge >= 0.3 is 6.18 Å². The van der Waals surface area contributed by atoms with Crippen molar-refractivity contribution in [3.63, 3.8) is 0 Å². The van der Waals surface area contributed by atoms with E-state index < -0.39 is 17.8 Å². The first-order chi connectivity index (χ1) is 8.49. The van der Waals surface area contributed by atoms with E-state index in [4.69, 9.17) is 15.6 Å². The van der Waals surface area contributed by atoms with Gasteiger partial charge in [-0.15, -0.1) is 0 Å². The highest BCUT2D eigenvalue weighted by molar-refractivity contribution is 5.26. The largest absolute Gasteiger partial charge is 0.416 e. The minimum absolute atomic E-state index is 0.00427. The smallest absolute Gasteiger partial charge is 0.396 e. The molecule has 0 aliphatic heterocycles. The molecule has 6 heteroatoms. The third-order valence-electron chi connectivity index (χ3n) is 2.45. The maximum atomic E-state index is 12.4. The lowest BCUT2D eigenvalue weighted by molar-refractivity contribution is -0.137. The summed E-state index contributed by atoms with van der Waals surface area (Å²) in [5.41, 5.74) is 5.40. The molecule has 1 rings (SSSR count). The van der Waals surface area contributed by atoms with Crippen molar-refractivity contribution in [2.24, 2.45) is 5.73 Å². The molecule has 1 aromatic carbocycles. The molecule has 18 heavy (non-hydrogen) atoms. The fourth-order valence-electron chi connectivity index (χ4n) is 1.48. The van der Waals surface area contributed by atoms with E-state index >= 15 is 0 Å². The van der Waals surface area contributed by atoms with Gasteiger partial charge in [-0.25, -0.2) is 0 Å². The van der Waals surface area contributed by atoms with Gasteiger partial charge in [0.15, 0.2) is 0 Å². The Labute approximate surface area is 103 Å². The SMILES string of the molecule is NCC(OCCCO)c1ccc(C(F)(F)F)cc1. The summed E-state index contributed by atoms with van der Waals surface area (Å²) in [6.45, 7) is 0.500. The van der Waals surface area contributed by atoms with Crippen molar-refractivity contribution in [2.45, 2.75) is 18.7 Å². The Hall–Kier alpha value is -1.11. The highest BCUT2D eigenvalue weighted by atomic mass is 19.4. The Morgan fingerprint density at radius 2 is 1.83 bits per heavy atom. The lowest BCUT2D eigenvalue weighted by Crippen LogP contribution is -2.17. The van der Waals surface area contributed by atoms with E-state index in [0.29, 0.717) is 18.6 Å². The second-order valence-electron chi connectivity index (χ2n) is 3.79. The molecule has 0 aromatic heterocycles. The third kappa shape index (κ3) is 4.29. The molecule has 0 bridgehead atoms. The molecule has 0 aliphatic rings. The maximum absolute atomic E-state index is 12.4. The summed E-state index contributed by atoms with van der Waals surface area (Å²) in [6.07, 6.45) is -4.31. The van der Waals surface area contributed by atoms with Crippen molar-refractivity contribution >= 4 is 0 Å². The van der Waals surface area contributed by atoms with E-state index in [1.807, 2.05) is 0 Å². The van der Waals surface area contributed by atoms with Crippen LogP contribution in [0, 0.1) is 0 Å². The van der Waals surface area contributed by atoms with E-state index in [0.717, 1.165) is 12.1 Å². The minimum Gasteiger partial charge on any atom is -0.396 e. The van der Waals surface area contributed by atoms with Crippen LogP contribution in [-0.2, 0) is 10.9 Å². The first kappa shape index (κ1) is 14.9. The second kappa shape index (κ2) is 6.72. The number of alkyl halides is 3. The van der Waals surface area contributed by atoms with Gasteiger partial charge in [0.05, 0.1) is 11.7 Å². The number of benzene rings is 1. The molecular formula is C12H16F3NO2. The Bertz CT molecular complexity index is 351. The topological polar surface area (TPSA) is 55.5 Å². The number of ether oxygens (including phenoxy) is 1. The van der Waals surface area contributed by atoms with Crippen LogP contribution in [0.2, 0.25) is 0 Å². The van der Waals surface area contributed by atoms with Crippen molar-refractivity contribution in [2.75, 3.05) is 19.8 Å². The fraction of sp³-hybridized carbons (Fsp3) is 0.500. The van der Waals surface area contributed by atoms with Gasteiger partial charge in [0.25, 0.3) is 0 Å². The third-order valence-corrected chi connectivity index (χ3v) is 2.45. The highest BCUT2D eigenvalue weighted by Gasteiger charge is 2.30. The first-order valence-electron chi connectivity index (χ1n) is 5.58. The Kier molecular flexibility index (Phi) is 5.58. The second-order valence-corrected chi connectivity index (χ2v) is 3.79. The van der Waals surface area contributed by atoms with Crippen molar-refractivity contribution in [1.82, 2.24) is 0 Å². The van der Waals surface area contributed by atoms with Crippen LogP contribution < -0.4 is 5.73 Å². The molecule has 0 radical (unpaired) electrons. The van der Waals surface area contributed by atoms with Crippen LogP contribution in [0.1, 0.15) is 23.7 Å². The van der Waals surface area contributed by atoms with E-state index in [1.165, 1.54) is 12.1 Å². The summed E-state index contributed by atoms with van der Waals surface area (Å²) < 4.78 is 42.5. The summed E-state index contributed by atoms with van der Waals surface area (Å²) in [5, 5.41) is 8.61. The quantitative estimate of drug-likeness (QED) is 0.773. The number of hydrogen-bond donors (Lipinski definition) is 2. The number of aliphatic hydroxyl groups is 1. The molecule has 1 atom stereocenters. The zero-order valence-electron chi connectivity index (χ0n) is 9.78. The van der Waals surface area contributed by atoms with Gasteiger partial charge in [-0.2, -0.15) is 13.2 Å². The summed E-state index contributed by atoms with van der Waals surface area (Å²) in [4.78, 5) is 0. The first-order valence-corrected chi connectivity index (χ1v) is 5.58. The van der Waals surface area contributed by atoms with Crippen LogP contribution in [0.3, 0.4) is 0 Å². The van der Waals surface area contributed by atoms with Crippen LogP contribution in [-0.4, -0.2) is 24.9 Å². The average Bonchev–Trinajstić information content (AvgIpc) is 2.34. The van der Waals surface area contributed by atoms with Gasteiger partial charge in [0, 0.05) is 19.8 Å². The van der Waals surface area contributed by atoms with Crippen molar-refractivity contribution in [3.05, 3.63) is 35.4 Å². The van der Waals surface area contributed by atoms with Gasteiger partial charge in [-0.05, 0) is 24.1 Å². The Morgan fingerprint density at radius 3 is 2.28 bits per heavy atom. The number of rotatable bonds is 6. The van der Waals surface area contributed by atoms with E-state index in [2.05, 4.69) is 0 Å². The van der Waals surface area contributed by atoms with Gasteiger partial charge in [-0.1, -0.05) is 12.1 Å². The zero-order chi connectivity index (χ0) is 13.6. The van der Waals surface area contributed by atoms with Gasteiger partial charge < -0.3 is 15.6 Å². The lowest BCUT2D eigenvalue weighted by atomic mass is 10.1. The molecule has 0 saturated heterocycles. The highest BCUT2D eigenvalue weighted by Crippen LogP contribution is 2.30. The van der Waals surface area contributed by atoms with Gasteiger partial charge in [0.1, 0.15) is 0 Å². The molecule has 0 heterocycles. The van der Waals surface area contributed by atoms with Crippen LogP contribution in [0.15, 0.2) is 24.3 Å². The van der Waals surface area contributed by atoms with Gasteiger partial charge in [0.2, 0.25) is 0 Å². The molecule has 102 valence electrons. The molecule has 0 fully saturated rings. The molecule has 3 nitrogen and oxygen atoms in total. The Balaban J connectivity index is 2.69. The fourth-order valence-corrected chi connectivity index (χ4v) is 1.48. The number of halogens is 3. The molecule has 0 amide bonds. The number of nitrogens with two attached hydrogens (primary N) is 1. The molecule has 0 saturated carbocycles. The van der Waals surface area contributed by atoms with Crippen LogP contribution >= 0.6 is 0 Å². The summed E-state index contributed by atoms with van der Waals surface area (Å²) in [6, 6.07) is 4.74. The zero-order valence-corrected chi connectivity index (χ0v) is 9.78. The predicted octanol–water partition coefficient (Wildman–Crippen LogP) is 2.10. The molecule has 0 spiro atoms.